The van der Waals surface area contributed by atoms with Crippen molar-refractivity contribution in [3.05, 3.63) is 11.6 Å². The van der Waals surface area contributed by atoms with Crippen molar-refractivity contribution in [1.82, 2.24) is 14.8 Å². The van der Waals surface area contributed by atoms with Crippen molar-refractivity contribution in [3.63, 3.8) is 0 Å². The zero-order valence-electron chi connectivity index (χ0n) is 8.90. The van der Waals surface area contributed by atoms with Gasteiger partial charge in [-0.05, 0) is 19.3 Å². The van der Waals surface area contributed by atoms with Crippen LogP contribution in [0.25, 0.3) is 0 Å². The highest BCUT2D eigenvalue weighted by Gasteiger charge is 2.29. The van der Waals surface area contributed by atoms with Crippen LogP contribution in [-0.2, 0) is 7.05 Å². The Bertz CT molecular complexity index is 314. The summed E-state index contributed by atoms with van der Waals surface area (Å²) >= 11 is 0. The van der Waals surface area contributed by atoms with E-state index in [1.54, 1.807) is 0 Å². The van der Waals surface area contributed by atoms with Crippen LogP contribution in [0.1, 0.15) is 56.2 Å². The van der Waals surface area contributed by atoms with E-state index in [4.69, 9.17) is 5.73 Å². The Kier molecular flexibility index (Phi) is 2.54. The van der Waals surface area contributed by atoms with E-state index >= 15 is 0 Å². The third-order valence-corrected chi connectivity index (χ3v) is 2.69. The smallest absolute Gasteiger partial charge is 0.154 e. The van der Waals surface area contributed by atoms with E-state index in [0.29, 0.717) is 5.92 Å². The van der Waals surface area contributed by atoms with Crippen LogP contribution in [0.4, 0.5) is 0 Å². The molecule has 0 bridgehead atoms. The highest BCUT2D eigenvalue weighted by atomic mass is 15.3. The predicted octanol–water partition coefficient (Wildman–Crippen LogP) is 1.49. The second kappa shape index (κ2) is 3.69. The molecule has 0 spiro atoms. The van der Waals surface area contributed by atoms with Crippen molar-refractivity contribution in [2.45, 2.75) is 44.6 Å². The number of nitrogens with two attached hydrogens (primary N) is 1. The zero-order chi connectivity index (χ0) is 10.1. The Morgan fingerprint density at radius 2 is 2.29 bits per heavy atom. The Morgan fingerprint density at radius 1 is 1.57 bits per heavy atom. The van der Waals surface area contributed by atoms with Gasteiger partial charge in [-0.3, -0.25) is 4.68 Å². The van der Waals surface area contributed by atoms with Crippen molar-refractivity contribution in [2.24, 2.45) is 12.8 Å². The van der Waals surface area contributed by atoms with Gasteiger partial charge in [0.15, 0.2) is 5.82 Å². The number of hydrogen-bond acceptors (Lipinski definition) is 3. The van der Waals surface area contributed by atoms with Gasteiger partial charge in [-0.1, -0.05) is 13.3 Å². The lowest BCUT2D eigenvalue weighted by atomic mass is 10.2. The first-order valence-electron chi connectivity index (χ1n) is 5.38. The molecule has 2 N–H and O–H groups in total. The monoisotopic (exact) mass is 194 g/mol. The third-order valence-electron chi connectivity index (χ3n) is 2.69. The van der Waals surface area contributed by atoms with Gasteiger partial charge in [0.2, 0.25) is 0 Å². The third kappa shape index (κ3) is 1.80. The highest BCUT2D eigenvalue weighted by molar-refractivity contribution is 5.07. The first-order valence-corrected chi connectivity index (χ1v) is 5.38. The number of rotatable bonds is 4. The van der Waals surface area contributed by atoms with Crippen molar-refractivity contribution in [1.29, 1.82) is 0 Å². The summed E-state index contributed by atoms with van der Waals surface area (Å²) in [5.41, 5.74) is 6.02. The van der Waals surface area contributed by atoms with Gasteiger partial charge in [-0.25, -0.2) is 4.98 Å². The van der Waals surface area contributed by atoms with Gasteiger partial charge < -0.3 is 5.73 Å². The minimum atomic E-state index is 0.0463. The van der Waals surface area contributed by atoms with Crippen molar-refractivity contribution in [2.75, 3.05) is 0 Å². The number of aromatic nitrogens is 3. The summed E-state index contributed by atoms with van der Waals surface area (Å²) in [5.74, 6) is 2.55. The minimum absolute atomic E-state index is 0.0463. The SMILES string of the molecule is CCCC(N)c1nc(C2CC2)nn1C. The fraction of sp³-hybridized carbons (Fsp3) is 0.800. The van der Waals surface area contributed by atoms with E-state index in [1.807, 2.05) is 11.7 Å². The van der Waals surface area contributed by atoms with Gasteiger partial charge in [-0.15, -0.1) is 0 Å². The maximum absolute atomic E-state index is 6.02. The molecular weight excluding hydrogens is 176 g/mol. The minimum Gasteiger partial charge on any atom is -0.321 e. The molecule has 78 valence electrons. The largest absolute Gasteiger partial charge is 0.321 e. The second-order valence-corrected chi connectivity index (χ2v) is 4.12. The summed E-state index contributed by atoms with van der Waals surface area (Å²) in [6.45, 7) is 2.14. The van der Waals surface area contributed by atoms with Crippen LogP contribution in [0.15, 0.2) is 0 Å². The predicted molar refractivity (Wildman–Crippen MR) is 54.8 cm³/mol. The first-order chi connectivity index (χ1) is 6.72. The van der Waals surface area contributed by atoms with Crippen LogP contribution >= 0.6 is 0 Å². The molecule has 0 amide bonds. The fourth-order valence-electron chi connectivity index (χ4n) is 1.69. The summed E-state index contributed by atoms with van der Waals surface area (Å²) in [6.07, 6.45) is 4.56. The van der Waals surface area contributed by atoms with Gasteiger partial charge in [-0.2, -0.15) is 5.10 Å². The Balaban J connectivity index is 2.15. The molecule has 4 nitrogen and oxygen atoms in total. The summed E-state index contributed by atoms with van der Waals surface area (Å²) in [6, 6.07) is 0.0463. The molecule has 0 aliphatic heterocycles. The molecule has 1 fully saturated rings. The molecule has 14 heavy (non-hydrogen) atoms. The molecule has 0 radical (unpaired) electrons. The van der Waals surface area contributed by atoms with Crippen LogP contribution < -0.4 is 5.73 Å². The number of nitrogens with zero attached hydrogens (tertiary/aromatic N) is 3. The zero-order valence-corrected chi connectivity index (χ0v) is 8.90. The van der Waals surface area contributed by atoms with Gasteiger partial charge in [0, 0.05) is 13.0 Å². The Labute approximate surface area is 84.5 Å². The van der Waals surface area contributed by atoms with Gasteiger partial charge in [0.25, 0.3) is 0 Å². The van der Waals surface area contributed by atoms with Crippen LogP contribution in [-0.4, -0.2) is 14.8 Å². The summed E-state index contributed by atoms with van der Waals surface area (Å²) in [4.78, 5) is 4.52. The van der Waals surface area contributed by atoms with E-state index in [9.17, 15) is 0 Å². The molecule has 1 aromatic rings. The average Bonchev–Trinajstić information content (AvgIpc) is 2.91. The summed E-state index contributed by atoms with van der Waals surface area (Å²) in [7, 11) is 1.93. The first kappa shape index (κ1) is 9.65. The highest BCUT2D eigenvalue weighted by Crippen LogP contribution is 2.38. The normalized spacial score (nSPS) is 18.5. The van der Waals surface area contributed by atoms with Crippen LogP contribution in [0.3, 0.4) is 0 Å². The van der Waals surface area contributed by atoms with E-state index in [0.717, 1.165) is 24.5 Å². The molecule has 4 heteroatoms. The molecule has 2 rings (SSSR count). The van der Waals surface area contributed by atoms with Crippen LogP contribution in [0, 0.1) is 0 Å². The van der Waals surface area contributed by atoms with Crippen molar-refractivity contribution < 1.29 is 0 Å². The van der Waals surface area contributed by atoms with E-state index in [1.165, 1.54) is 12.8 Å². The van der Waals surface area contributed by atoms with Gasteiger partial charge in [0.1, 0.15) is 5.82 Å². The van der Waals surface area contributed by atoms with Crippen LogP contribution in [0.5, 0.6) is 0 Å². The van der Waals surface area contributed by atoms with E-state index in [-0.39, 0.29) is 6.04 Å². The lowest BCUT2D eigenvalue weighted by molar-refractivity contribution is 0.560. The van der Waals surface area contributed by atoms with E-state index < -0.39 is 0 Å². The summed E-state index contributed by atoms with van der Waals surface area (Å²) < 4.78 is 1.84. The topological polar surface area (TPSA) is 56.7 Å². The number of aryl methyl sites for hydroxylation is 1. The molecule has 1 heterocycles. The fourth-order valence-corrected chi connectivity index (χ4v) is 1.69. The van der Waals surface area contributed by atoms with E-state index in [2.05, 4.69) is 17.0 Å². The van der Waals surface area contributed by atoms with Crippen LogP contribution in [0.2, 0.25) is 0 Å². The maximum Gasteiger partial charge on any atom is 0.154 e. The molecule has 1 aliphatic carbocycles. The van der Waals surface area contributed by atoms with Gasteiger partial charge in [0.05, 0.1) is 6.04 Å². The second-order valence-electron chi connectivity index (χ2n) is 4.12. The maximum atomic E-state index is 6.02. The quantitative estimate of drug-likeness (QED) is 0.790. The molecular formula is C10H18N4. The molecule has 1 unspecified atom stereocenters. The lowest BCUT2D eigenvalue weighted by Crippen LogP contribution is -2.15. The van der Waals surface area contributed by atoms with Gasteiger partial charge >= 0.3 is 0 Å². The van der Waals surface area contributed by atoms with Crippen molar-refractivity contribution in [3.8, 4) is 0 Å². The molecule has 0 saturated heterocycles. The molecule has 1 atom stereocenters. The molecule has 1 aliphatic rings. The standard InChI is InChI=1S/C10H18N4/c1-3-4-8(11)10-12-9(7-5-6-7)13-14(10)2/h7-8H,3-6,11H2,1-2H3. The number of hydrogen-bond donors (Lipinski definition) is 1. The molecule has 0 aromatic carbocycles. The van der Waals surface area contributed by atoms with Crippen molar-refractivity contribution >= 4 is 0 Å². The average molecular weight is 194 g/mol. The molecule has 1 saturated carbocycles. The Morgan fingerprint density at radius 3 is 2.86 bits per heavy atom. The lowest BCUT2D eigenvalue weighted by Gasteiger charge is -2.07. The Hall–Kier alpha value is -0.900. The molecule has 1 aromatic heterocycles. The summed E-state index contributed by atoms with van der Waals surface area (Å²) in [5, 5.41) is 4.40.